The van der Waals surface area contributed by atoms with Gasteiger partial charge >= 0.3 is 0 Å². The Labute approximate surface area is 193 Å². The normalized spacial score (nSPS) is 14.8. The van der Waals surface area contributed by atoms with E-state index in [1.165, 1.54) is 15.9 Å². The van der Waals surface area contributed by atoms with Crippen molar-refractivity contribution in [3.8, 4) is 11.4 Å². The van der Waals surface area contributed by atoms with Gasteiger partial charge in [-0.2, -0.15) is 9.50 Å². The van der Waals surface area contributed by atoms with Gasteiger partial charge in [-0.05, 0) is 24.6 Å². The molecule has 3 heterocycles. The summed E-state index contributed by atoms with van der Waals surface area (Å²) in [6.07, 6.45) is 0. The van der Waals surface area contributed by atoms with Crippen molar-refractivity contribution in [1.29, 1.82) is 0 Å². The molecule has 7 heteroatoms. The molecule has 5 aromatic rings. The predicted octanol–water partition coefficient (Wildman–Crippen LogP) is 3.59. The maximum Gasteiger partial charge on any atom is 0.291 e. The molecule has 0 bridgehead atoms. The summed E-state index contributed by atoms with van der Waals surface area (Å²) < 4.78 is 1.68. The third kappa shape index (κ3) is 3.16. The highest BCUT2D eigenvalue weighted by Gasteiger charge is 2.34. The summed E-state index contributed by atoms with van der Waals surface area (Å²) in [5, 5.41) is 4.45. The molecule has 0 N–H and O–H groups in total. The number of hydrogen-bond donors (Lipinski definition) is 0. The van der Waals surface area contributed by atoms with Crippen LogP contribution in [0.25, 0.3) is 21.9 Å². The van der Waals surface area contributed by atoms with Gasteiger partial charge in [-0.25, -0.2) is 0 Å². The minimum atomic E-state index is -0.318. The molecule has 6 rings (SSSR count). The average molecular weight is 451 g/mol. The van der Waals surface area contributed by atoms with Crippen molar-refractivity contribution in [3.63, 3.8) is 0 Å². The fourth-order valence-corrected chi connectivity index (χ4v) is 5.21. The van der Waals surface area contributed by atoms with Gasteiger partial charge in [-0.15, -0.1) is 5.10 Å². The summed E-state index contributed by atoms with van der Waals surface area (Å²) in [5.41, 5.74) is 4.64. The minimum Gasteiger partial charge on any atom is -0.303 e. The number of aryl methyl sites for hydroxylation is 1. The largest absolute Gasteiger partial charge is 0.303 e. The number of anilines is 1. The minimum absolute atomic E-state index is 0.180. The highest BCUT2D eigenvalue weighted by molar-refractivity contribution is 7.15. The molecule has 2 aromatic heterocycles. The molecule has 6 nitrogen and oxygen atoms in total. The summed E-state index contributed by atoms with van der Waals surface area (Å²) in [6.45, 7) is 2.44. The van der Waals surface area contributed by atoms with Crippen molar-refractivity contribution in [2.45, 2.75) is 13.5 Å². The summed E-state index contributed by atoms with van der Waals surface area (Å²) in [6, 6.07) is 25.3. The molecular weight excluding hydrogens is 432 g/mol. The Morgan fingerprint density at radius 2 is 1.70 bits per heavy atom. The lowest BCUT2D eigenvalue weighted by Gasteiger charge is -2.17. The lowest BCUT2D eigenvalue weighted by Crippen LogP contribution is -2.32. The molecule has 0 atom stereocenters. The van der Waals surface area contributed by atoms with Gasteiger partial charge in [0.05, 0.1) is 17.8 Å². The van der Waals surface area contributed by atoms with E-state index in [4.69, 9.17) is 0 Å². The van der Waals surface area contributed by atoms with Crippen LogP contribution in [0, 0.1) is 6.92 Å². The van der Waals surface area contributed by atoms with E-state index in [0.29, 0.717) is 27.4 Å². The summed E-state index contributed by atoms with van der Waals surface area (Å²) >= 11 is 1.21. The van der Waals surface area contributed by atoms with Crippen molar-refractivity contribution >= 4 is 33.5 Å². The number of hydrogen-bond acceptors (Lipinski definition) is 5. The Morgan fingerprint density at radius 3 is 2.48 bits per heavy atom. The zero-order valence-electron chi connectivity index (χ0n) is 17.7. The Balaban J connectivity index is 1.51. The zero-order valence-corrected chi connectivity index (χ0v) is 18.5. The zero-order chi connectivity index (χ0) is 22.5. The van der Waals surface area contributed by atoms with Crippen molar-refractivity contribution in [2.75, 3.05) is 4.90 Å². The SMILES string of the molecule is Cc1cccc(-c2nc3sc(=C4C(=O)N(Cc5ccccc5)c5ccccc54)c(=O)n3n2)c1. The molecule has 1 aliphatic rings. The highest BCUT2D eigenvalue weighted by atomic mass is 32.1. The number of nitrogens with zero attached hydrogens (tertiary/aromatic N) is 4. The van der Waals surface area contributed by atoms with Gasteiger partial charge in [0.2, 0.25) is 4.96 Å². The van der Waals surface area contributed by atoms with Gasteiger partial charge in [0.15, 0.2) is 5.82 Å². The van der Waals surface area contributed by atoms with Crippen LogP contribution in [0.3, 0.4) is 0 Å². The van der Waals surface area contributed by atoms with E-state index in [9.17, 15) is 9.59 Å². The molecule has 1 aliphatic heterocycles. The van der Waals surface area contributed by atoms with Gasteiger partial charge < -0.3 is 4.90 Å². The Hall–Kier alpha value is -4.10. The third-order valence-corrected chi connectivity index (χ3v) is 6.80. The van der Waals surface area contributed by atoms with E-state index in [0.717, 1.165) is 27.9 Å². The lowest BCUT2D eigenvalue weighted by atomic mass is 10.1. The Morgan fingerprint density at radius 1 is 0.909 bits per heavy atom. The number of rotatable bonds is 3. The van der Waals surface area contributed by atoms with E-state index in [1.807, 2.05) is 85.8 Å². The molecule has 0 saturated heterocycles. The maximum absolute atomic E-state index is 13.6. The topological polar surface area (TPSA) is 67.6 Å². The quantitative estimate of drug-likeness (QED) is 0.421. The third-order valence-electron chi connectivity index (χ3n) is 5.77. The number of benzene rings is 3. The van der Waals surface area contributed by atoms with Crippen LogP contribution in [-0.2, 0) is 11.3 Å². The number of fused-ring (bicyclic) bond motifs is 2. The Kier molecular flexibility index (Phi) is 4.45. The molecule has 33 heavy (non-hydrogen) atoms. The second-order valence-corrected chi connectivity index (χ2v) is 8.98. The van der Waals surface area contributed by atoms with Crippen LogP contribution in [-0.4, -0.2) is 20.5 Å². The second kappa shape index (κ2) is 7.50. The van der Waals surface area contributed by atoms with E-state index in [1.54, 1.807) is 4.90 Å². The van der Waals surface area contributed by atoms with Crippen LogP contribution in [0.15, 0.2) is 83.7 Å². The van der Waals surface area contributed by atoms with Crippen molar-refractivity contribution in [2.24, 2.45) is 0 Å². The molecule has 0 unspecified atom stereocenters. The van der Waals surface area contributed by atoms with Crippen LogP contribution in [0.1, 0.15) is 16.7 Å². The van der Waals surface area contributed by atoms with Crippen LogP contribution in [0.2, 0.25) is 0 Å². The number of amides is 1. The van der Waals surface area contributed by atoms with E-state index >= 15 is 0 Å². The van der Waals surface area contributed by atoms with Crippen LogP contribution in [0.5, 0.6) is 0 Å². The van der Waals surface area contributed by atoms with Gasteiger partial charge in [0.1, 0.15) is 4.53 Å². The number of thiazole rings is 1. The number of aromatic nitrogens is 3. The molecule has 0 fully saturated rings. The number of carbonyl (C=O) groups excluding carboxylic acids is 1. The molecule has 160 valence electrons. The summed E-state index contributed by atoms with van der Waals surface area (Å²) in [5.74, 6) is 0.322. The molecule has 3 aromatic carbocycles. The second-order valence-electron chi connectivity index (χ2n) is 8.00. The molecule has 0 spiro atoms. The summed E-state index contributed by atoms with van der Waals surface area (Å²) in [4.78, 5) is 33.7. The van der Waals surface area contributed by atoms with Crippen LogP contribution in [0.4, 0.5) is 5.69 Å². The molecule has 0 aliphatic carbocycles. The Bertz CT molecular complexity index is 1650. The van der Waals surface area contributed by atoms with Crippen molar-refractivity contribution < 1.29 is 4.79 Å². The molecule has 0 saturated carbocycles. The monoisotopic (exact) mass is 450 g/mol. The fourth-order valence-electron chi connectivity index (χ4n) is 4.21. The van der Waals surface area contributed by atoms with Gasteiger partial charge in [-0.1, -0.05) is 83.6 Å². The van der Waals surface area contributed by atoms with Crippen molar-refractivity contribution in [1.82, 2.24) is 14.6 Å². The standard InChI is InChI=1S/C26H18N4O2S/c1-16-8-7-11-18(14-16)23-27-26-30(28-23)25(32)22(33-26)21-19-12-5-6-13-20(19)29(24(21)31)15-17-9-3-2-4-10-17/h2-14H,15H2,1H3. The maximum atomic E-state index is 13.6. The lowest BCUT2D eigenvalue weighted by molar-refractivity contribution is -0.113. The van der Waals surface area contributed by atoms with Gasteiger partial charge in [0.25, 0.3) is 11.5 Å². The number of para-hydroxylation sites is 1. The first-order valence-corrected chi connectivity index (χ1v) is 11.4. The molecular formula is C26H18N4O2S. The first kappa shape index (κ1) is 19.6. The highest BCUT2D eigenvalue weighted by Crippen LogP contribution is 2.36. The molecule has 0 radical (unpaired) electrons. The van der Waals surface area contributed by atoms with Crippen molar-refractivity contribution in [3.05, 3.63) is 110 Å². The average Bonchev–Trinajstić information content (AvgIpc) is 3.46. The fraction of sp³-hybridized carbons (Fsp3) is 0.0769. The number of carbonyl (C=O) groups is 1. The smallest absolute Gasteiger partial charge is 0.291 e. The predicted molar refractivity (Wildman–Crippen MR) is 129 cm³/mol. The first-order chi connectivity index (χ1) is 16.1. The molecule has 1 amide bonds. The summed E-state index contributed by atoms with van der Waals surface area (Å²) in [7, 11) is 0. The van der Waals surface area contributed by atoms with E-state index < -0.39 is 0 Å². The van der Waals surface area contributed by atoms with E-state index in [-0.39, 0.29) is 11.5 Å². The first-order valence-electron chi connectivity index (χ1n) is 10.6. The van der Waals surface area contributed by atoms with E-state index in [2.05, 4.69) is 10.1 Å². The van der Waals surface area contributed by atoms with Gasteiger partial charge in [-0.3, -0.25) is 9.59 Å². The van der Waals surface area contributed by atoms with Gasteiger partial charge in [0, 0.05) is 11.1 Å². The van der Waals surface area contributed by atoms with Crippen LogP contribution >= 0.6 is 11.3 Å². The van der Waals surface area contributed by atoms with Crippen LogP contribution < -0.4 is 15.0 Å².